The highest BCUT2D eigenvalue weighted by Crippen LogP contribution is 2.19. The summed E-state index contributed by atoms with van der Waals surface area (Å²) in [6.07, 6.45) is 0.491. The van der Waals surface area contributed by atoms with Crippen molar-refractivity contribution in [1.29, 1.82) is 0 Å². The van der Waals surface area contributed by atoms with Crippen LogP contribution in [0.4, 0.5) is 4.39 Å². The summed E-state index contributed by atoms with van der Waals surface area (Å²) < 4.78 is 18.3. The molecule has 0 atom stereocenters. The van der Waals surface area contributed by atoms with Crippen molar-refractivity contribution in [3.05, 3.63) is 29.1 Å². The van der Waals surface area contributed by atoms with Crippen molar-refractivity contribution in [3.63, 3.8) is 0 Å². The van der Waals surface area contributed by atoms with Gasteiger partial charge in [0.05, 0.1) is 12.2 Å². The zero-order chi connectivity index (χ0) is 9.84. The van der Waals surface area contributed by atoms with E-state index in [1.165, 1.54) is 6.07 Å². The molecule has 3 heteroatoms. The molecule has 2 nitrogen and oxygen atoms in total. The van der Waals surface area contributed by atoms with Gasteiger partial charge in [0, 0.05) is 0 Å². The maximum absolute atomic E-state index is 13.1. The largest absolute Gasteiger partial charge is 0.494 e. The number of halogens is 1. The first-order valence-electron chi connectivity index (χ1n) is 4.07. The Kier molecular flexibility index (Phi) is 3.01. The maximum Gasteiger partial charge on any atom is 0.153 e. The molecule has 0 saturated heterocycles. The third-order valence-electron chi connectivity index (χ3n) is 1.69. The molecule has 0 aliphatic heterocycles. The van der Waals surface area contributed by atoms with Gasteiger partial charge in [-0.15, -0.1) is 0 Å². The van der Waals surface area contributed by atoms with Gasteiger partial charge in [0.25, 0.3) is 0 Å². The van der Waals surface area contributed by atoms with Crippen LogP contribution >= 0.6 is 0 Å². The van der Waals surface area contributed by atoms with E-state index in [1.807, 2.05) is 6.92 Å². The molecule has 0 aliphatic rings. The lowest BCUT2D eigenvalue weighted by Crippen LogP contribution is -1.97. The van der Waals surface area contributed by atoms with E-state index in [1.54, 1.807) is 13.0 Å². The van der Waals surface area contributed by atoms with Crippen molar-refractivity contribution in [3.8, 4) is 5.75 Å². The lowest BCUT2D eigenvalue weighted by Gasteiger charge is -2.06. The molecule has 1 rings (SSSR count). The Morgan fingerprint density at radius 1 is 1.54 bits per heavy atom. The fourth-order valence-electron chi connectivity index (χ4n) is 1.10. The molecule has 0 aromatic heterocycles. The van der Waals surface area contributed by atoms with Gasteiger partial charge in [0.2, 0.25) is 0 Å². The fourth-order valence-corrected chi connectivity index (χ4v) is 1.10. The van der Waals surface area contributed by atoms with Crippen LogP contribution in [0.1, 0.15) is 22.8 Å². The smallest absolute Gasteiger partial charge is 0.153 e. The van der Waals surface area contributed by atoms with Crippen LogP contribution in [0.2, 0.25) is 0 Å². The number of aryl methyl sites for hydroxylation is 1. The fraction of sp³-hybridized carbons (Fsp3) is 0.300. The number of benzene rings is 1. The number of aldehydes is 1. The Morgan fingerprint density at radius 3 is 2.77 bits per heavy atom. The highest BCUT2D eigenvalue weighted by atomic mass is 19.1. The summed E-state index contributed by atoms with van der Waals surface area (Å²) in [7, 11) is 0. The van der Waals surface area contributed by atoms with Crippen molar-refractivity contribution in [2.24, 2.45) is 0 Å². The normalized spacial score (nSPS) is 9.77. The second-order valence-corrected chi connectivity index (χ2v) is 2.69. The summed E-state index contributed by atoms with van der Waals surface area (Å²) in [6, 6.07) is 2.98. The minimum absolute atomic E-state index is 0.0449. The first-order chi connectivity index (χ1) is 6.19. The molecule has 0 fully saturated rings. The summed E-state index contributed by atoms with van der Waals surface area (Å²) >= 11 is 0. The van der Waals surface area contributed by atoms with Crippen LogP contribution in [0, 0.1) is 12.7 Å². The molecule has 0 spiro atoms. The molecule has 0 amide bonds. The Morgan fingerprint density at radius 2 is 2.23 bits per heavy atom. The average molecular weight is 182 g/mol. The Labute approximate surface area is 76.3 Å². The summed E-state index contributed by atoms with van der Waals surface area (Å²) in [5.74, 6) is 0.0574. The van der Waals surface area contributed by atoms with Crippen molar-refractivity contribution >= 4 is 6.29 Å². The number of carbonyl (C=O) groups excluding carboxylic acids is 1. The first-order valence-corrected chi connectivity index (χ1v) is 4.07. The summed E-state index contributed by atoms with van der Waals surface area (Å²) in [5.41, 5.74) is 0.469. The molecule has 0 aliphatic carbocycles. The molecule has 13 heavy (non-hydrogen) atoms. The van der Waals surface area contributed by atoms with Gasteiger partial charge in [-0.2, -0.15) is 0 Å². The molecular weight excluding hydrogens is 171 g/mol. The molecule has 0 saturated carbocycles. The molecule has 1 aromatic carbocycles. The number of hydrogen-bond acceptors (Lipinski definition) is 2. The van der Waals surface area contributed by atoms with Gasteiger partial charge in [0.1, 0.15) is 11.6 Å². The van der Waals surface area contributed by atoms with E-state index in [2.05, 4.69) is 0 Å². The highest BCUT2D eigenvalue weighted by molar-refractivity contribution is 5.76. The third kappa shape index (κ3) is 2.05. The van der Waals surface area contributed by atoms with Crippen LogP contribution in [0.3, 0.4) is 0 Å². The minimum atomic E-state index is -0.474. The second kappa shape index (κ2) is 4.03. The topological polar surface area (TPSA) is 26.3 Å². The van der Waals surface area contributed by atoms with Gasteiger partial charge in [-0.1, -0.05) is 0 Å². The molecular formula is C10H11FO2. The quantitative estimate of drug-likeness (QED) is 0.670. The number of ether oxygens (including phenoxy) is 1. The van der Waals surface area contributed by atoms with E-state index >= 15 is 0 Å². The molecule has 0 bridgehead atoms. The molecule has 0 radical (unpaired) electrons. The maximum atomic E-state index is 13.1. The zero-order valence-corrected chi connectivity index (χ0v) is 7.63. The van der Waals surface area contributed by atoms with Crippen molar-refractivity contribution in [2.75, 3.05) is 6.61 Å². The molecule has 1 aromatic rings. The van der Waals surface area contributed by atoms with Gasteiger partial charge in [-0.05, 0) is 31.5 Å². The van der Waals surface area contributed by atoms with E-state index in [0.717, 1.165) is 0 Å². The van der Waals surface area contributed by atoms with Gasteiger partial charge in [-0.3, -0.25) is 4.79 Å². The van der Waals surface area contributed by atoms with E-state index in [-0.39, 0.29) is 5.56 Å². The van der Waals surface area contributed by atoms with Crippen molar-refractivity contribution < 1.29 is 13.9 Å². The SMILES string of the molecule is CCOc1cc(C)c(F)c(C=O)c1. The lowest BCUT2D eigenvalue weighted by atomic mass is 10.1. The van der Waals surface area contributed by atoms with Gasteiger partial charge >= 0.3 is 0 Å². The van der Waals surface area contributed by atoms with E-state index in [9.17, 15) is 9.18 Å². The predicted molar refractivity (Wildman–Crippen MR) is 47.7 cm³/mol. The highest BCUT2D eigenvalue weighted by Gasteiger charge is 2.07. The van der Waals surface area contributed by atoms with E-state index < -0.39 is 5.82 Å². The van der Waals surface area contributed by atoms with Crippen LogP contribution in [0.25, 0.3) is 0 Å². The summed E-state index contributed by atoms with van der Waals surface area (Å²) in [6.45, 7) is 3.94. The van der Waals surface area contributed by atoms with Crippen LogP contribution in [-0.2, 0) is 0 Å². The predicted octanol–water partition coefficient (Wildman–Crippen LogP) is 2.35. The monoisotopic (exact) mass is 182 g/mol. The number of rotatable bonds is 3. The van der Waals surface area contributed by atoms with E-state index in [4.69, 9.17) is 4.74 Å². The number of carbonyl (C=O) groups is 1. The van der Waals surface area contributed by atoms with Gasteiger partial charge in [0.15, 0.2) is 6.29 Å². The molecule has 70 valence electrons. The Balaban J connectivity index is 3.14. The second-order valence-electron chi connectivity index (χ2n) is 2.69. The summed E-state index contributed by atoms with van der Waals surface area (Å²) in [5, 5.41) is 0. The van der Waals surface area contributed by atoms with Crippen molar-refractivity contribution in [2.45, 2.75) is 13.8 Å². The molecule has 0 unspecified atom stereocenters. The van der Waals surface area contributed by atoms with Crippen LogP contribution in [0.5, 0.6) is 5.75 Å². The van der Waals surface area contributed by atoms with Crippen LogP contribution in [0.15, 0.2) is 12.1 Å². The lowest BCUT2D eigenvalue weighted by molar-refractivity contribution is 0.111. The molecule has 0 heterocycles. The van der Waals surface area contributed by atoms with Gasteiger partial charge < -0.3 is 4.74 Å². The third-order valence-corrected chi connectivity index (χ3v) is 1.69. The van der Waals surface area contributed by atoms with Crippen molar-refractivity contribution in [1.82, 2.24) is 0 Å². The zero-order valence-electron chi connectivity index (χ0n) is 7.63. The number of hydrogen-bond donors (Lipinski definition) is 0. The Hall–Kier alpha value is -1.38. The Bertz CT molecular complexity index is 321. The standard InChI is InChI=1S/C10H11FO2/c1-3-13-9-4-7(2)10(11)8(5-9)6-12/h4-6H,3H2,1-2H3. The van der Waals surface area contributed by atoms with Crippen LogP contribution in [-0.4, -0.2) is 12.9 Å². The molecule has 0 N–H and O–H groups in total. The minimum Gasteiger partial charge on any atom is -0.494 e. The van der Waals surface area contributed by atoms with Gasteiger partial charge in [-0.25, -0.2) is 4.39 Å². The van der Waals surface area contributed by atoms with E-state index in [0.29, 0.717) is 24.2 Å². The average Bonchev–Trinajstić information content (AvgIpc) is 2.11. The first kappa shape index (κ1) is 9.71. The van der Waals surface area contributed by atoms with Crippen LogP contribution < -0.4 is 4.74 Å². The summed E-state index contributed by atoms with van der Waals surface area (Å²) in [4.78, 5) is 10.4.